The van der Waals surface area contributed by atoms with Crippen LogP contribution in [0.5, 0.6) is 0 Å². The summed E-state index contributed by atoms with van der Waals surface area (Å²) in [6, 6.07) is 18.3. The minimum absolute atomic E-state index is 0.125. The maximum Gasteiger partial charge on any atom is 0.123 e. The van der Waals surface area contributed by atoms with Gasteiger partial charge in [0.2, 0.25) is 0 Å². The van der Waals surface area contributed by atoms with Gasteiger partial charge in [0.25, 0.3) is 0 Å². The van der Waals surface area contributed by atoms with E-state index in [1.165, 1.54) is 49.7 Å². The maximum absolute atomic E-state index is 13.2. The molecule has 108 valence electrons. The molecule has 2 aromatic rings. The van der Waals surface area contributed by atoms with E-state index in [0.717, 1.165) is 0 Å². The van der Waals surface area contributed by atoms with Crippen molar-refractivity contribution >= 4 is 0 Å². The second-order valence-corrected chi connectivity index (χ2v) is 6.93. The summed E-state index contributed by atoms with van der Waals surface area (Å²) in [7, 11) is 0. The molecule has 2 bridgehead atoms. The van der Waals surface area contributed by atoms with Gasteiger partial charge in [-0.3, -0.25) is 0 Å². The monoisotopic (exact) mass is 280 g/mol. The first-order chi connectivity index (χ1) is 10.2. The van der Waals surface area contributed by atoms with Crippen molar-refractivity contribution in [2.75, 3.05) is 0 Å². The summed E-state index contributed by atoms with van der Waals surface area (Å²) in [6.07, 6.45) is 7.55. The summed E-state index contributed by atoms with van der Waals surface area (Å²) >= 11 is 0. The number of fused-ring (bicyclic) bond motifs is 3. The van der Waals surface area contributed by atoms with Gasteiger partial charge >= 0.3 is 0 Å². The van der Waals surface area contributed by atoms with Gasteiger partial charge < -0.3 is 0 Å². The molecule has 2 aromatic carbocycles. The zero-order chi connectivity index (χ0) is 14.3. The minimum atomic E-state index is -0.125. The zero-order valence-electron chi connectivity index (χ0n) is 12.3. The van der Waals surface area contributed by atoms with Crippen molar-refractivity contribution in [3.05, 3.63) is 71.5 Å². The summed E-state index contributed by atoms with van der Waals surface area (Å²) in [5.74, 6) is -0.125. The van der Waals surface area contributed by atoms with Crippen LogP contribution in [-0.4, -0.2) is 0 Å². The number of rotatable bonds is 2. The third-order valence-corrected chi connectivity index (χ3v) is 6.09. The predicted octanol–water partition coefficient (Wildman–Crippen LogP) is 5.37. The SMILES string of the molecule is Fc1ccc(C23CCC(c4ccccc4)(CC2)CC3)cc1. The molecule has 0 amide bonds. The Morgan fingerprint density at radius 3 is 1.48 bits per heavy atom. The van der Waals surface area contributed by atoms with Crippen molar-refractivity contribution < 1.29 is 4.39 Å². The van der Waals surface area contributed by atoms with Crippen molar-refractivity contribution in [2.24, 2.45) is 0 Å². The lowest BCUT2D eigenvalue weighted by Gasteiger charge is -2.54. The fourth-order valence-corrected chi connectivity index (χ4v) is 4.65. The molecule has 0 radical (unpaired) electrons. The molecule has 0 N–H and O–H groups in total. The molecule has 3 aliphatic carbocycles. The quantitative estimate of drug-likeness (QED) is 0.693. The molecule has 5 rings (SSSR count). The molecule has 0 nitrogen and oxygen atoms in total. The van der Waals surface area contributed by atoms with E-state index in [0.29, 0.717) is 10.8 Å². The summed E-state index contributed by atoms with van der Waals surface area (Å²) in [6.45, 7) is 0. The van der Waals surface area contributed by atoms with Crippen LogP contribution in [-0.2, 0) is 10.8 Å². The fourth-order valence-electron chi connectivity index (χ4n) is 4.65. The number of halogens is 1. The summed E-state index contributed by atoms with van der Waals surface area (Å²) in [4.78, 5) is 0. The Morgan fingerprint density at radius 2 is 1.00 bits per heavy atom. The molecule has 0 aliphatic heterocycles. The molecule has 0 heterocycles. The first-order valence-electron chi connectivity index (χ1n) is 8.04. The van der Waals surface area contributed by atoms with Gasteiger partial charge in [0, 0.05) is 0 Å². The highest BCUT2D eigenvalue weighted by molar-refractivity contribution is 5.34. The maximum atomic E-state index is 13.2. The summed E-state index contributed by atoms with van der Waals surface area (Å²) in [5, 5.41) is 0. The average Bonchev–Trinajstić information content (AvgIpc) is 2.58. The molecule has 0 saturated heterocycles. The van der Waals surface area contributed by atoms with Gasteiger partial charge in [0.05, 0.1) is 0 Å². The smallest absolute Gasteiger partial charge is 0.123 e. The summed E-state index contributed by atoms with van der Waals surface area (Å²) in [5.41, 5.74) is 3.59. The lowest BCUT2D eigenvalue weighted by Crippen LogP contribution is -2.46. The lowest BCUT2D eigenvalue weighted by molar-refractivity contribution is 0.102. The normalized spacial score (nSPS) is 31.3. The first-order valence-corrected chi connectivity index (χ1v) is 8.04. The number of hydrogen-bond acceptors (Lipinski definition) is 0. The van der Waals surface area contributed by atoms with Crippen LogP contribution >= 0.6 is 0 Å². The predicted molar refractivity (Wildman–Crippen MR) is 83.9 cm³/mol. The first kappa shape index (κ1) is 13.1. The van der Waals surface area contributed by atoms with Crippen LogP contribution in [0.2, 0.25) is 0 Å². The van der Waals surface area contributed by atoms with E-state index >= 15 is 0 Å². The highest BCUT2D eigenvalue weighted by Crippen LogP contribution is 2.58. The van der Waals surface area contributed by atoms with Crippen LogP contribution < -0.4 is 0 Å². The van der Waals surface area contributed by atoms with Gasteiger partial charge in [-0.2, -0.15) is 0 Å². The molecule has 1 heteroatoms. The molecule has 3 saturated carbocycles. The second-order valence-electron chi connectivity index (χ2n) is 6.93. The minimum Gasteiger partial charge on any atom is -0.207 e. The van der Waals surface area contributed by atoms with Crippen LogP contribution in [0.3, 0.4) is 0 Å². The Hall–Kier alpha value is -1.63. The van der Waals surface area contributed by atoms with Crippen molar-refractivity contribution in [1.29, 1.82) is 0 Å². The second kappa shape index (κ2) is 4.69. The fraction of sp³-hybridized carbons (Fsp3) is 0.400. The molecule has 3 aliphatic rings. The zero-order valence-corrected chi connectivity index (χ0v) is 12.3. The van der Waals surface area contributed by atoms with Crippen molar-refractivity contribution in [2.45, 2.75) is 49.4 Å². The van der Waals surface area contributed by atoms with Crippen LogP contribution in [0.25, 0.3) is 0 Å². The van der Waals surface area contributed by atoms with Crippen molar-refractivity contribution in [3.63, 3.8) is 0 Å². The Kier molecular flexibility index (Phi) is 2.92. The van der Waals surface area contributed by atoms with Gasteiger partial charge in [-0.1, -0.05) is 42.5 Å². The molecule has 21 heavy (non-hydrogen) atoms. The van der Waals surface area contributed by atoms with E-state index in [9.17, 15) is 4.39 Å². The van der Waals surface area contributed by atoms with Gasteiger partial charge in [0.1, 0.15) is 5.82 Å². The van der Waals surface area contributed by atoms with Crippen LogP contribution in [0, 0.1) is 5.82 Å². The van der Waals surface area contributed by atoms with E-state index in [1.807, 2.05) is 12.1 Å². The highest BCUT2D eigenvalue weighted by Gasteiger charge is 2.49. The van der Waals surface area contributed by atoms with Crippen molar-refractivity contribution in [1.82, 2.24) is 0 Å². The summed E-state index contributed by atoms with van der Waals surface area (Å²) < 4.78 is 13.2. The molecule has 3 fully saturated rings. The van der Waals surface area contributed by atoms with E-state index in [2.05, 4.69) is 30.3 Å². The van der Waals surface area contributed by atoms with Crippen LogP contribution in [0.1, 0.15) is 49.7 Å². The molecule has 0 unspecified atom stereocenters. The number of benzene rings is 2. The third-order valence-electron chi connectivity index (χ3n) is 6.09. The van der Waals surface area contributed by atoms with Gasteiger partial charge in [-0.25, -0.2) is 4.39 Å². The van der Waals surface area contributed by atoms with Crippen LogP contribution in [0.15, 0.2) is 54.6 Å². The Morgan fingerprint density at radius 1 is 0.571 bits per heavy atom. The molecule has 0 spiro atoms. The molecule has 0 atom stereocenters. The van der Waals surface area contributed by atoms with Gasteiger partial charge in [-0.15, -0.1) is 0 Å². The Bertz CT molecular complexity index is 602. The topological polar surface area (TPSA) is 0 Å². The van der Waals surface area contributed by atoms with Gasteiger partial charge in [0.15, 0.2) is 0 Å². The largest absolute Gasteiger partial charge is 0.207 e. The van der Waals surface area contributed by atoms with Gasteiger partial charge in [-0.05, 0) is 72.6 Å². The Labute approximate surface area is 126 Å². The van der Waals surface area contributed by atoms with Crippen molar-refractivity contribution in [3.8, 4) is 0 Å². The molecule has 0 aromatic heterocycles. The molecular weight excluding hydrogens is 259 g/mol. The average molecular weight is 280 g/mol. The third kappa shape index (κ3) is 2.02. The standard InChI is InChI=1S/C20H21F/c21-18-8-6-17(7-9-18)20-13-10-19(11-14-20,12-15-20)16-4-2-1-3-5-16/h1-9H,10-15H2. The van der Waals surface area contributed by atoms with E-state index < -0.39 is 0 Å². The lowest BCUT2D eigenvalue weighted by atomic mass is 9.50. The van der Waals surface area contributed by atoms with E-state index in [4.69, 9.17) is 0 Å². The molecular formula is C20H21F. The van der Waals surface area contributed by atoms with Crippen LogP contribution in [0.4, 0.5) is 4.39 Å². The number of hydrogen-bond donors (Lipinski definition) is 0. The highest BCUT2D eigenvalue weighted by atomic mass is 19.1. The van der Waals surface area contributed by atoms with E-state index in [1.54, 1.807) is 12.1 Å². The Balaban J connectivity index is 1.63. The van der Waals surface area contributed by atoms with E-state index in [-0.39, 0.29) is 5.82 Å².